The average Bonchev–Trinajstić information content (AvgIpc) is 2.17. The summed E-state index contributed by atoms with van der Waals surface area (Å²) in [6, 6.07) is 9.41. The quantitative estimate of drug-likeness (QED) is 0.585. The van der Waals surface area contributed by atoms with Crippen LogP contribution in [0.15, 0.2) is 29.2 Å². The van der Waals surface area contributed by atoms with Gasteiger partial charge >= 0.3 is 0 Å². The van der Waals surface area contributed by atoms with Gasteiger partial charge in [-0.3, -0.25) is 4.79 Å². The van der Waals surface area contributed by atoms with Gasteiger partial charge in [-0.2, -0.15) is 5.26 Å². The Morgan fingerprint density at radius 1 is 1.54 bits per heavy atom. The molecular formula is C9H8N2OS. The molecule has 0 unspecified atom stereocenters. The van der Waals surface area contributed by atoms with E-state index >= 15 is 0 Å². The third-order valence-electron chi connectivity index (χ3n) is 1.39. The monoisotopic (exact) mass is 192 g/mol. The Balaban J connectivity index is 2.78. The van der Waals surface area contributed by atoms with Crippen LogP contribution in [0.2, 0.25) is 0 Å². The number of hydrogen-bond donors (Lipinski definition) is 1. The number of anilines is 1. The van der Waals surface area contributed by atoms with E-state index in [-0.39, 0.29) is 0 Å². The number of nitrogens with zero attached hydrogens (tertiary/aromatic N) is 1. The van der Waals surface area contributed by atoms with Gasteiger partial charge in [0.1, 0.15) is 0 Å². The lowest BCUT2D eigenvalue weighted by atomic mass is 10.3. The number of benzene rings is 1. The maximum Gasteiger partial charge on any atom is 0.211 e. The number of nitrogens with one attached hydrogen (secondary N) is 1. The minimum atomic E-state index is 0.386. The number of carbonyl (C=O) groups excluding carboxylic acids is 1. The lowest BCUT2D eigenvalue weighted by Gasteiger charge is -2.04. The Morgan fingerprint density at radius 2 is 2.31 bits per heavy atom. The van der Waals surface area contributed by atoms with Crippen molar-refractivity contribution in [1.29, 1.82) is 5.26 Å². The van der Waals surface area contributed by atoms with E-state index in [1.165, 1.54) is 11.8 Å². The van der Waals surface area contributed by atoms with Gasteiger partial charge in [-0.25, -0.2) is 0 Å². The van der Waals surface area contributed by atoms with Crippen molar-refractivity contribution in [2.24, 2.45) is 0 Å². The molecule has 13 heavy (non-hydrogen) atoms. The van der Waals surface area contributed by atoms with E-state index in [1.54, 1.807) is 6.07 Å². The first-order valence-corrected chi connectivity index (χ1v) is 4.66. The van der Waals surface area contributed by atoms with Gasteiger partial charge in [-0.1, -0.05) is 12.1 Å². The molecule has 1 rings (SSSR count). The summed E-state index contributed by atoms with van der Waals surface area (Å²) in [5.41, 5.74) is 0.748. The fourth-order valence-electron chi connectivity index (χ4n) is 0.885. The first kappa shape index (κ1) is 9.62. The van der Waals surface area contributed by atoms with Crippen LogP contribution in [0.4, 0.5) is 5.69 Å². The standard InChI is InChI=1S/C9H8N2OS/c10-5-6-13-9-4-2-1-3-8(9)11-7-12/h1-4,7H,6H2,(H,11,12). The highest BCUT2D eigenvalue weighted by Gasteiger charge is 1.99. The van der Waals surface area contributed by atoms with Crippen LogP contribution in [0, 0.1) is 11.3 Å². The van der Waals surface area contributed by atoms with Gasteiger partial charge in [0.15, 0.2) is 0 Å². The topological polar surface area (TPSA) is 52.9 Å². The van der Waals surface area contributed by atoms with Crippen LogP contribution in [0.3, 0.4) is 0 Å². The molecule has 0 saturated carbocycles. The number of rotatable bonds is 4. The van der Waals surface area contributed by atoms with Crippen LogP contribution in [-0.2, 0) is 4.79 Å². The number of carbonyl (C=O) groups is 1. The Bertz CT molecular complexity index is 333. The summed E-state index contributed by atoms with van der Waals surface area (Å²) in [7, 11) is 0. The number of nitriles is 1. The van der Waals surface area contributed by atoms with Crippen molar-refractivity contribution in [1.82, 2.24) is 0 Å². The van der Waals surface area contributed by atoms with Crippen LogP contribution < -0.4 is 5.32 Å². The molecule has 0 bridgehead atoms. The van der Waals surface area contributed by atoms with Crippen LogP contribution in [-0.4, -0.2) is 12.2 Å². The molecule has 0 aliphatic carbocycles. The molecule has 1 N–H and O–H groups in total. The van der Waals surface area contributed by atoms with Crippen LogP contribution in [0.1, 0.15) is 0 Å². The van der Waals surface area contributed by atoms with Crippen molar-refractivity contribution >= 4 is 23.9 Å². The largest absolute Gasteiger partial charge is 0.328 e. The van der Waals surface area contributed by atoms with Crippen molar-refractivity contribution in [3.05, 3.63) is 24.3 Å². The summed E-state index contributed by atoms with van der Waals surface area (Å²) in [6.07, 6.45) is 0.631. The van der Waals surface area contributed by atoms with Crippen molar-refractivity contribution < 1.29 is 4.79 Å². The summed E-state index contributed by atoms with van der Waals surface area (Å²) in [5, 5.41) is 11.0. The molecule has 0 aliphatic rings. The third-order valence-corrected chi connectivity index (χ3v) is 2.33. The molecule has 1 aromatic carbocycles. The average molecular weight is 192 g/mol. The highest BCUT2D eigenvalue weighted by atomic mass is 32.2. The lowest BCUT2D eigenvalue weighted by molar-refractivity contribution is -0.105. The van der Waals surface area contributed by atoms with Gasteiger partial charge in [0.05, 0.1) is 17.5 Å². The Kier molecular flexibility index (Phi) is 3.86. The van der Waals surface area contributed by atoms with Gasteiger partial charge in [0.2, 0.25) is 6.41 Å². The molecule has 0 aliphatic heterocycles. The maximum atomic E-state index is 10.2. The molecule has 1 amide bonds. The van der Waals surface area contributed by atoms with Crippen molar-refractivity contribution in [3.8, 4) is 6.07 Å². The molecule has 1 aromatic rings. The summed E-state index contributed by atoms with van der Waals surface area (Å²) in [5.74, 6) is 0.386. The molecule has 0 fully saturated rings. The second-order valence-corrected chi connectivity index (χ2v) is 3.22. The summed E-state index contributed by atoms with van der Waals surface area (Å²) >= 11 is 1.40. The summed E-state index contributed by atoms with van der Waals surface area (Å²) in [4.78, 5) is 11.1. The van der Waals surface area contributed by atoms with E-state index in [0.717, 1.165) is 10.6 Å². The van der Waals surface area contributed by atoms with Gasteiger partial charge in [0, 0.05) is 4.90 Å². The van der Waals surface area contributed by atoms with E-state index in [0.29, 0.717) is 12.2 Å². The van der Waals surface area contributed by atoms with Gasteiger partial charge in [-0.15, -0.1) is 11.8 Å². The molecule has 0 spiro atoms. The number of thioether (sulfide) groups is 1. The van der Waals surface area contributed by atoms with E-state index in [1.807, 2.05) is 24.3 Å². The summed E-state index contributed by atoms with van der Waals surface area (Å²) < 4.78 is 0. The zero-order valence-corrected chi connectivity index (χ0v) is 7.67. The molecule has 0 atom stereocenters. The minimum absolute atomic E-state index is 0.386. The van der Waals surface area contributed by atoms with E-state index in [4.69, 9.17) is 5.26 Å². The van der Waals surface area contributed by atoms with Gasteiger partial charge < -0.3 is 5.32 Å². The van der Waals surface area contributed by atoms with Crippen LogP contribution >= 0.6 is 11.8 Å². The molecule has 4 heteroatoms. The van der Waals surface area contributed by atoms with E-state index < -0.39 is 0 Å². The number of para-hydroxylation sites is 1. The van der Waals surface area contributed by atoms with E-state index in [9.17, 15) is 4.79 Å². The fraction of sp³-hybridized carbons (Fsp3) is 0.111. The molecule has 0 saturated heterocycles. The van der Waals surface area contributed by atoms with Gasteiger partial charge in [-0.05, 0) is 12.1 Å². The molecule has 3 nitrogen and oxygen atoms in total. The molecule has 0 heterocycles. The Hall–Kier alpha value is -1.47. The first-order chi connectivity index (χ1) is 6.38. The Morgan fingerprint density at radius 3 is 3.00 bits per heavy atom. The molecule has 66 valence electrons. The van der Waals surface area contributed by atoms with Crippen LogP contribution in [0.25, 0.3) is 0 Å². The Labute approximate surface area is 80.8 Å². The van der Waals surface area contributed by atoms with Crippen LogP contribution in [0.5, 0.6) is 0 Å². The molecule has 0 radical (unpaired) electrons. The predicted molar refractivity (Wildman–Crippen MR) is 52.5 cm³/mol. The predicted octanol–water partition coefficient (Wildman–Crippen LogP) is 1.87. The van der Waals surface area contributed by atoms with E-state index in [2.05, 4.69) is 5.32 Å². The SMILES string of the molecule is N#CCSc1ccccc1NC=O. The second-order valence-electron chi connectivity index (χ2n) is 2.21. The molecule has 0 aromatic heterocycles. The highest BCUT2D eigenvalue weighted by Crippen LogP contribution is 2.25. The van der Waals surface area contributed by atoms with Gasteiger partial charge in [0.25, 0.3) is 0 Å². The third kappa shape index (κ3) is 2.80. The normalized spacial score (nSPS) is 8.85. The first-order valence-electron chi connectivity index (χ1n) is 3.67. The number of hydrogen-bond acceptors (Lipinski definition) is 3. The van der Waals surface area contributed by atoms with Crippen molar-refractivity contribution in [3.63, 3.8) is 0 Å². The smallest absolute Gasteiger partial charge is 0.211 e. The molecular weight excluding hydrogens is 184 g/mol. The van der Waals surface area contributed by atoms with Crippen molar-refractivity contribution in [2.75, 3.05) is 11.1 Å². The zero-order chi connectivity index (χ0) is 9.52. The second kappa shape index (κ2) is 5.22. The highest BCUT2D eigenvalue weighted by molar-refractivity contribution is 7.99. The lowest BCUT2D eigenvalue weighted by Crippen LogP contribution is -1.95. The number of amides is 1. The zero-order valence-electron chi connectivity index (χ0n) is 6.86. The minimum Gasteiger partial charge on any atom is -0.328 e. The fourth-order valence-corrected chi connectivity index (χ4v) is 1.56. The summed E-state index contributed by atoms with van der Waals surface area (Å²) in [6.45, 7) is 0. The maximum absolute atomic E-state index is 10.2. The van der Waals surface area contributed by atoms with Crippen molar-refractivity contribution in [2.45, 2.75) is 4.90 Å².